The standard InChI is InChI=1S/C24H29ClN2O2/c25-19-10-11-22-21(17-19)20-8-2-1-7-18(20)12-16-27(22)15-6-5-14-26-13-4-3-9-23(26)24(28)29/h1,7,10-12,16-17,23H,2-6,8-9,13-15H2,(H,28,29)/t23-/m1/s1. The molecule has 0 amide bonds. The monoisotopic (exact) mass is 412 g/mol. The number of benzene rings is 1. The van der Waals surface area contributed by atoms with E-state index >= 15 is 0 Å². The predicted molar refractivity (Wildman–Crippen MR) is 119 cm³/mol. The molecule has 1 aromatic carbocycles. The average Bonchev–Trinajstić information content (AvgIpc) is 2.88. The molecule has 3 aliphatic rings. The Morgan fingerprint density at radius 2 is 2.03 bits per heavy atom. The summed E-state index contributed by atoms with van der Waals surface area (Å²) in [5.74, 6) is -0.671. The molecule has 4 nitrogen and oxygen atoms in total. The van der Waals surface area contributed by atoms with Crippen molar-refractivity contribution in [3.8, 4) is 0 Å². The Kier molecular flexibility index (Phi) is 6.41. The molecular formula is C24H29ClN2O2. The highest BCUT2D eigenvalue weighted by atomic mass is 35.5. The number of carboxylic acid groups (broad SMARTS) is 1. The molecule has 1 N–H and O–H groups in total. The zero-order chi connectivity index (χ0) is 20.2. The molecule has 0 bridgehead atoms. The van der Waals surface area contributed by atoms with Crippen LogP contribution in [0.5, 0.6) is 0 Å². The van der Waals surface area contributed by atoms with Crippen molar-refractivity contribution >= 4 is 28.8 Å². The minimum atomic E-state index is -0.671. The molecule has 0 saturated carbocycles. The highest BCUT2D eigenvalue weighted by Crippen LogP contribution is 2.39. The molecule has 1 aromatic rings. The van der Waals surface area contributed by atoms with Crippen LogP contribution in [0, 0.1) is 0 Å². The van der Waals surface area contributed by atoms with Crippen LogP contribution >= 0.6 is 11.6 Å². The van der Waals surface area contributed by atoms with Crippen LogP contribution in [0.4, 0.5) is 5.69 Å². The number of unbranched alkanes of at least 4 members (excludes halogenated alkanes) is 1. The van der Waals surface area contributed by atoms with Crippen LogP contribution in [0.15, 0.2) is 48.2 Å². The van der Waals surface area contributed by atoms with Crippen molar-refractivity contribution in [3.05, 3.63) is 58.8 Å². The third-order valence-electron chi connectivity index (χ3n) is 6.23. The van der Waals surface area contributed by atoms with Crippen molar-refractivity contribution in [3.63, 3.8) is 0 Å². The van der Waals surface area contributed by atoms with E-state index in [1.165, 1.54) is 22.4 Å². The molecule has 0 spiro atoms. The first-order valence-corrected chi connectivity index (χ1v) is 11.1. The molecule has 0 aromatic heterocycles. The summed E-state index contributed by atoms with van der Waals surface area (Å²) in [6, 6.07) is 5.89. The number of hydrogen-bond donors (Lipinski definition) is 1. The van der Waals surface area contributed by atoms with Gasteiger partial charge in [0.25, 0.3) is 0 Å². The molecule has 2 aliphatic heterocycles. The quantitative estimate of drug-likeness (QED) is 0.627. The van der Waals surface area contributed by atoms with Crippen molar-refractivity contribution in [1.82, 2.24) is 4.90 Å². The smallest absolute Gasteiger partial charge is 0.320 e. The van der Waals surface area contributed by atoms with Gasteiger partial charge in [0.15, 0.2) is 0 Å². The number of rotatable bonds is 6. The topological polar surface area (TPSA) is 43.8 Å². The lowest BCUT2D eigenvalue weighted by molar-refractivity contribution is -0.144. The van der Waals surface area contributed by atoms with Crippen LogP contribution in [0.25, 0.3) is 5.57 Å². The summed E-state index contributed by atoms with van der Waals surface area (Å²) in [5, 5.41) is 10.2. The van der Waals surface area contributed by atoms with Gasteiger partial charge in [-0.15, -0.1) is 0 Å². The Morgan fingerprint density at radius 1 is 1.17 bits per heavy atom. The lowest BCUT2D eigenvalue weighted by Crippen LogP contribution is -2.45. The number of halogens is 1. The fourth-order valence-electron chi connectivity index (χ4n) is 4.71. The summed E-state index contributed by atoms with van der Waals surface area (Å²) < 4.78 is 0. The van der Waals surface area contributed by atoms with E-state index in [-0.39, 0.29) is 6.04 Å². The van der Waals surface area contributed by atoms with Crippen LogP contribution in [0.1, 0.15) is 50.5 Å². The van der Waals surface area contributed by atoms with Gasteiger partial charge in [-0.3, -0.25) is 9.69 Å². The van der Waals surface area contributed by atoms with Gasteiger partial charge in [-0.2, -0.15) is 0 Å². The first-order chi connectivity index (χ1) is 14.1. The molecule has 1 aliphatic carbocycles. The molecule has 1 fully saturated rings. The maximum atomic E-state index is 11.5. The van der Waals surface area contributed by atoms with Gasteiger partial charge in [0.05, 0.1) is 0 Å². The second-order valence-electron chi connectivity index (χ2n) is 8.14. The van der Waals surface area contributed by atoms with Crippen LogP contribution in [0.3, 0.4) is 0 Å². The van der Waals surface area contributed by atoms with E-state index in [1.807, 2.05) is 6.07 Å². The number of allylic oxidation sites excluding steroid dienone is 5. The summed E-state index contributed by atoms with van der Waals surface area (Å²) >= 11 is 6.33. The van der Waals surface area contributed by atoms with Gasteiger partial charge < -0.3 is 10.0 Å². The van der Waals surface area contributed by atoms with Crippen LogP contribution in [0.2, 0.25) is 5.02 Å². The maximum absolute atomic E-state index is 11.5. The average molecular weight is 413 g/mol. The Labute approximate surface area is 178 Å². The second-order valence-corrected chi connectivity index (χ2v) is 8.57. The Morgan fingerprint density at radius 3 is 2.90 bits per heavy atom. The lowest BCUT2D eigenvalue weighted by Gasteiger charge is -2.33. The number of aliphatic carboxylic acids is 1. The van der Waals surface area contributed by atoms with Gasteiger partial charge in [-0.05, 0) is 87.0 Å². The number of fused-ring (bicyclic) bond motifs is 2. The van der Waals surface area contributed by atoms with Gasteiger partial charge in [0.1, 0.15) is 6.04 Å². The summed E-state index contributed by atoms with van der Waals surface area (Å²) in [4.78, 5) is 16.0. The number of likely N-dealkylation sites (tertiary alicyclic amines) is 1. The van der Waals surface area contributed by atoms with E-state index in [2.05, 4.69) is 46.4 Å². The van der Waals surface area contributed by atoms with E-state index in [1.54, 1.807) is 0 Å². The molecule has 0 unspecified atom stereocenters. The Bertz CT molecular complexity index is 858. The van der Waals surface area contributed by atoms with Gasteiger partial charge in [-0.1, -0.05) is 30.2 Å². The molecule has 1 atom stereocenters. The molecule has 154 valence electrons. The number of nitrogens with zero attached hydrogens (tertiary/aromatic N) is 2. The summed E-state index contributed by atoms with van der Waals surface area (Å²) in [5.41, 5.74) is 5.11. The van der Waals surface area contributed by atoms with Gasteiger partial charge >= 0.3 is 5.97 Å². The van der Waals surface area contributed by atoms with Crippen molar-refractivity contribution in [2.24, 2.45) is 0 Å². The van der Waals surface area contributed by atoms with Gasteiger partial charge in [0.2, 0.25) is 0 Å². The molecule has 4 rings (SSSR count). The fourth-order valence-corrected chi connectivity index (χ4v) is 4.88. The van der Waals surface area contributed by atoms with Gasteiger partial charge in [-0.25, -0.2) is 0 Å². The highest BCUT2D eigenvalue weighted by molar-refractivity contribution is 6.30. The number of anilines is 1. The lowest BCUT2D eigenvalue weighted by atomic mass is 9.91. The maximum Gasteiger partial charge on any atom is 0.320 e. The van der Waals surface area contributed by atoms with Crippen molar-refractivity contribution in [2.45, 2.75) is 51.0 Å². The third-order valence-corrected chi connectivity index (χ3v) is 6.46. The second kappa shape index (κ2) is 9.19. The zero-order valence-electron chi connectivity index (χ0n) is 16.8. The zero-order valence-corrected chi connectivity index (χ0v) is 17.6. The van der Waals surface area contributed by atoms with E-state index in [0.717, 1.165) is 69.6 Å². The normalized spacial score (nSPS) is 21.7. The van der Waals surface area contributed by atoms with Crippen molar-refractivity contribution in [2.75, 3.05) is 24.5 Å². The van der Waals surface area contributed by atoms with Crippen LogP contribution in [-0.4, -0.2) is 41.7 Å². The van der Waals surface area contributed by atoms with Gasteiger partial charge in [0, 0.05) is 29.0 Å². The summed E-state index contributed by atoms with van der Waals surface area (Å²) in [6.07, 6.45) is 15.9. The molecule has 2 heterocycles. The van der Waals surface area contributed by atoms with Crippen molar-refractivity contribution < 1.29 is 9.90 Å². The summed E-state index contributed by atoms with van der Waals surface area (Å²) in [7, 11) is 0. The van der Waals surface area contributed by atoms with Crippen LogP contribution in [-0.2, 0) is 4.79 Å². The van der Waals surface area contributed by atoms with Crippen molar-refractivity contribution in [1.29, 1.82) is 0 Å². The van der Waals surface area contributed by atoms with E-state index in [4.69, 9.17) is 11.6 Å². The predicted octanol–water partition coefficient (Wildman–Crippen LogP) is 5.50. The largest absolute Gasteiger partial charge is 0.480 e. The SMILES string of the molecule is O=C(O)[C@H]1CCCCN1CCCCN1C=CC2=C(CCC=C2)c2cc(Cl)ccc21. The van der Waals surface area contributed by atoms with E-state index in [0.29, 0.717) is 0 Å². The number of hydrogen-bond acceptors (Lipinski definition) is 3. The molecular weight excluding hydrogens is 384 g/mol. The molecule has 0 radical (unpaired) electrons. The first kappa shape index (κ1) is 20.2. The summed E-state index contributed by atoms with van der Waals surface area (Å²) in [6.45, 7) is 2.69. The highest BCUT2D eigenvalue weighted by Gasteiger charge is 2.27. The Hall–Kier alpha value is -2.04. The minimum absolute atomic E-state index is 0.299. The number of piperidine rings is 1. The molecule has 5 heteroatoms. The Balaban J connectivity index is 1.42. The first-order valence-electron chi connectivity index (χ1n) is 10.7. The fraction of sp³-hybridized carbons (Fsp3) is 0.458. The van der Waals surface area contributed by atoms with E-state index in [9.17, 15) is 9.90 Å². The minimum Gasteiger partial charge on any atom is -0.480 e. The third kappa shape index (κ3) is 4.59. The van der Waals surface area contributed by atoms with Crippen LogP contribution < -0.4 is 4.90 Å². The van der Waals surface area contributed by atoms with E-state index < -0.39 is 5.97 Å². The number of carbonyl (C=O) groups is 1. The molecule has 1 saturated heterocycles. The number of carboxylic acids is 1. The molecule has 29 heavy (non-hydrogen) atoms.